The van der Waals surface area contributed by atoms with Crippen molar-refractivity contribution in [3.05, 3.63) is 65.2 Å². The Kier molecular flexibility index (Phi) is 5.59. The fraction of sp³-hybridized carbons (Fsp3) is 0.320. The number of nitrogens with zero attached hydrogens (tertiary/aromatic N) is 3. The molecule has 0 radical (unpaired) electrons. The number of anilines is 2. The molecule has 0 bridgehead atoms. The van der Waals surface area contributed by atoms with E-state index in [0.717, 1.165) is 37.0 Å². The van der Waals surface area contributed by atoms with Crippen LogP contribution in [0.2, 0.25) is 5.02 Å². The van der Waals surface area contributed by atoms with Crippen molar-refractivity contribution in [3.8, 4) is 0 Å². The standard InChI is InChI=1S/C25H26ClN3O3S/c1-17-15-23(30)24-22(10-9-21(26)25(24)28-13-11-27(2)12-14-28)29(17)33(31,32)20-8-7-18-5-3-4-6-19(18)16-20/h3-10,16-17H,11-15H2,1-2H3. The minimum atomic E-state index is -3.90. The molecule has 1 unspecified atom stereocenters. The second-order valence-electron chi connectivity index (χ2n) is 8.87. The lowest BCUT2D eigenvalue weighted by molar-refractivity contribution is 0.0972. The largest absolute Gasteiger partial charge is 0.367 e. The van der Waals surface area contributed by atoms with Crippen molar-refractivity contribution in [2.75, 3.05) is 42.4 Å². The van der Waals surface area contributed by atoms with Crippen LogP contribution in [-0.2, 0) is 10.0 Å². The van der Waals surface area contributed by atoms with Crippen LogP contribution in [0.5, 0.6) is 0 Å². The van der Waals surface area contributed by atoms with Crippen molar-refractivity contribution < 1.29 is 13.2 Å². The molecule has 33 heavy (non-hydrogen) atoms. The molecule has 2 aliphatic heterocycles. The number of piperazine rings is 1. The van der Waals surface area contributed by atoms with Gasteiger partial charge < -0.3 is 9.80 Å². The first-order valence-corrected chi connectivity index (χ1v) is 12.9. The molecule has 5 rings (SSSR count). The first kappa shape index (κ1) is 22.2. The molecule has 2 heterocycles. The molecule has 1 saturated heterocycles. The summed E-state index contributed by atoms with van der Waals surface area (Å²) >= 11 is 6.60. The molecule has 3 aromatic rings. The van der Waals surface area contributed by atoms with E-state index in [1.165, 1.54) is 4.31 Å². The highest BCUT2D eigenvalue weighted by molar-refractivity contribution is 7.92. The molecule has 8 heteroatoms. The van der Waals surface area contributed by atoms with Gasteiger partial charge in [-0.15, -0.1) is 0 Å². The highest BCUT2D eigenvalue weighted by atomic mass is 35.5. The van der Waals surface area contributed by atoms with Crippen molar-refractivity contribution in [1.82, 2.24) is 4.90 Å². The Hall–Kier alpha value is -2.61. The number of halogens is 1. The quantitative estimate of drug-likeness (QED) is 0.552. The minimum absolute atomic E-state index is 0.0705. The highest BCUT2D eigenvalue weighted by Gasteiger charge is 2.40. The van der Waals surface area contributed by atoms with Crippen LogP contribution in [0.4, 0.5) is 11.4 Å². The maximum atomic E-state index is 13.9. The van der Waals surface area contributed by atoms with E-state index in [4.69, 9.17) is 11.6 Å². The molecule has 0 amide bonds. The maximum Gasteiger partial charge on any atom is 0.264 e. The molecule has 0 saturated carbocycles. The molecule has 0 aromatic heterocycles. The van der Waals surface area contributed by atoms with E-state index < -0.39 is 16.1 Å². The molecule has 0 N–H and O–H groups in total. The molecule has 6 nitrogen and oxygen atoms in total. The van der Waals surface area contributed by atoms with Gasteiger partial charge in [-0.1, -0.05) is 41.9 Å². The highest BCUT2D eigenvalue weighted by Crippen LogP contribution is 2.43. The van der Waals surface area contributed by atoms with Crippen LogP contribution in [0, 0.1) is 0 Å². The van der Waals surface area contributed by atoms with Crippen LogP contribution in [0.15, 0.2) is 59.5 Å². The lowest BCUT2D eigenvalue weighted by Gasteiger charge is -2.40. The zero-order valence-corrected chi connectivity index (χ0v) is 20.2. The molecule has 0 spiro atoms. The smallest absolute Gasteiger partial charge is 0.264 e. The fourth-order valence-corrected chi connectivity index (χ4v) is 6.83. The Morgan fingerprint density at radius 2 is 1.64 bits per heavy atom. The van der Waals surface area contributed by atoms with E-state index in [1.807, 2.05) is 30.3 Å². The van der Waals surface area contributed by atoms with Crippen molar-refractivity contribution in [2.45, 2.75) is 24.3 Å². The van der Waals surface area contributed by atoms with Gasteiger partial charge in [0.15, 0.2) is 5.78 Å². The van der Waals surface area contributed by atoms with E-state index in [2.05, 4.69) is 16.8 Å². The number of hydrogen-bond donors (Lipinski definition) is 0. The molecule has 2 aliphatic rings. The van der Waals surface area contributed by atoms with Gasteiger partial charge in [-0.25, -0.2) is 8.42 Å². The zero-order chi connectivity index (χ0) is 23.3. The minimum Gasteiger partial charge on any atom is -0.367 e. The van der Waals surface area contributed by atoms with Crippen molar-refractivity contribution in [1.29, 1.82) is 0 Å². The summed E-state index contributed by atoms with van der Waals surface area (Å²) in [4.78, 5) is 17.8. The lowest BCUT2D eigenvalue weighted by Crippen LogP contribution is -2.47. The van der Waals surface area contributed by atoms with Crippen LogP contribution < -0.4 is 9.21 Å². The summed E-state index contributed by atoms with van der Waals surface area (Å²) in [5.74, 6) is -0.0705. The van der Waals surface area contributed by atoms with Crippen LogP contribution in [0.25, 0.3) is 10.8 Å². The first-order chi connectivity index (χ1) is 15.8. The summed E-state index contributed by atoms with van der Waals surface area (Å²) in [7, 11) is -1.84. The maximum absolute atomic E-state index is 13.9. The number of carbonyl (C=O) groups is 1. The van der Waals surface area contributed by atoms with Crippen molar-refractivity contribution >= 4 is 49.6 Å². The van der Waals surface area contributed by atoms with Crippen LogP contribution in [0.3, 0.4) is 0 Å². The van der Waals surface area contributed by atoms with E-state index in [1.54, 1.807) is 31.2 Å². The summed E-state index contributed by atoms with van der Waals surface area (Å²) in [6, 6.07) is 15.7. The fourth-order valence-electron chi connectivity index (χ4n) is 4.85. The second kappa shape index (κ2) is 8.31. The zero-order valence-electron chi connectivity index (χ0n) is 18.7. The number of ketones is 1. The average molecular weight is 484 g/mol. The van der Waals surface area contributed by atoms with Gasteiger partial charge >= 0.3 is 0 Å². The Balaban J connectivity index is 1.65. The Labute approximate surface area is 199 Å². The van der Waals surface area contributed by atoms with E-state index in [-0.39, 0.29) is 17.1 Å². The Morgan fingerprint density at radius 3 is 2.36 bits per heavy atom. The summed E-state index contributed by atoms with van der Waals surface area (Å²) in [5.41, 5.74) is 1.47. The Bertz CT molecular complexity index is 1350. The van der Waals surface area contributed by atoms with E-state index >= 15 is 0 Å². The van der Waals surface area contributed by atoms with Gasteiger partial charge in [0.1, 0.15) is 0 Å². The van der Waals surface area contributed by atoms with Gasteiger partial charge in [0.2, 0.25) is 0 Å². The van der Waals surface area contributed by atoms with Gasteiger partial charge in [-0.3, -0.25) is 9.10 Å². The average Bonchev–Trinajstić information content (AvgIpc) is 2.79. The van der Waals surface area contributed by atoms with E-state index in [0.29, 0.717) is 22.0 Å². The number of fused-ring (bicyclic) bond motifs is 2. The Morgan fingerprint density at radius 1 is 0.939 bits per heavy atom. The molecule has 1 atom stereocenters. The normalized spacial score (nSPS) is 19.7. The lowest BCUT2D eigenvalue weighted by atomic mass is 9.95. The number of rotatable bonds is 3. The predicted octanol–water partition coefficient (Wildman–Crippen LogP) is 4.42. The molecule has 172 valence electrons. The number of sulfonamides is 1. The third-order valence-electron chi connectivity index (χ3n) is 6.60. The molecular formula is C25H26ClN3O3S. The molecule has 3 aromatic carbocycles. The summed E-state index contributed by atoms with van der Waals surface area (Å²) < 4.78 is 29.2. The molecule has 0 aliphatic carbocycles. The molecule has 1 fully saturated rings. The van der Waals surface area contributed by atoms with Crippen LogP contribution in [0.1, 0.15) is 23.7 Å². The number of Topliss-reactive ketones (excluding diaryl/α,β-unsaturated/α-hetero) is 1. The SMILES string of the molecule is CC1CC(=O)c2c(ccc(Cl)c2N2CCN(C)CC2)N1S(=O)(=O)c1ccc2ccccc2c1. The van der Waals surface area contributed by atoms with Gasteiger partial charge in [-0.2, -0.15) is 0 Å². The van der Waals surface area contributed by atoms with Crippen LogP contribution >= 0.6 is 11.6 Å². The number of hydrogen-bond acceptors (Lipinski definition) is 5. The summed E-state index contributed by atoms with van der Waals surface area (Å²) in [6.07, 6.45) is 0.112. The van der Waals surface area contributed by atoms with Gasteiger partial charge in [0, 0.05) is 38.6 Å². The van der Waals surface area contributed by atoms with Gasteiger partial charge in [0.05, 0.1) is 26.9 Å². The number of carbonyl (C=O) groups excluding carboxylic acids is 1. The third kappa shape index (κ3) is 3.78. The van der Waals surface area contributed by atoms with E-state index in [9.17, 15) is 13.2 Å². The molecular weight excluding hydrogens is 458 g/mol. The number of benzene rings is 3. The first-order valence-electron chi connectivity index (χ1n) is 11.1. The summed E-state index contributed by atoms with van der Waals surface area (Å²) in [5, 5.41) is 2.31. The van der Waals surface area contributed by atoms with Crippen molar-refractivity contribution in [3.63, 3.8) is 0 Å². The third-order valence-corrected chi connectivity index (χ3v) is 8.83. The topological polar surface area (TPSA) is 60.9 Å². The predicted molar refractivity (Wildman–Crippen MR) is 133 cm³/mol. The number of likely N-dealkylation sites (N-methyl/N-ethyl adjacent to an activating group) is 1. The van der Waals surface area contributed by atoms with Crippen molar-refractivity contribution in [2.24, 2.45) is 0 Å². The van der Waals surface area contributed by atoms with Crippen LogP contribution in [-0.4, -0.2) is 58.4 Å². The van der Waals surface area contributed by atoms with Gasteiger partial charge in [0.25, 0.3) is 10.0 Å². The van der Waals surface area contributed by atoms with Gasteiger partial charge in [-0.05, 0) is 49.0 Å². The summed E-state index contributed by atoms with van der Waals surface area (Å²) in [6.45, 7) is 4.94. The monoisotopic (exact) mass is 483 g/mol. The second-order valence-corrected chi connectivity index (χ2v) is 11.1.